The molecule has 0 fully saturated rings. The minimum atomic E-state index is -10.7. The van der Waals surface area contributed by atoms with Gasteiger partial charge in [-0.2, -0.15) is 0 Å². The van der Waals surface area contributed by atoms with E-state index in [1.165, 1.54) is 0 Å². The molecule has 20 heteroatoms. The second-order valence-corrected chi connectivity index (χ2v) is 15.1. The Morgan fingerprint density at radius 3 is 0.772 bits per heavy atom. The van der Waals surface area contributed by atoms with Gasteiger partial charge in [0.2, 0.25) is 0 Å². The number of pyridine rings is 5. The van der Waals surface area contributed by atoms with Crippen LogP contribution in [0, 0.1) is 0 Å². The minimum Gasteiger partial charge on any atom is -0.255 e. The van der Waals surface area contributed by atoms with Crippen molar-refractivity contribution in [3.63, 3.8) is 0 Å². The van der Waals surface area contributed by atoms with E-state index >= 15 is 0 Å². The van der Waals surface area contributed by atoms with Crippen LogP contribution in [0.4, 0.5) is 50.4 Å². The number of rotatable bonds is 5. The summed E-state index contributed by atoms with van der Waals surface area (Å²) >= 11 is 0. The van der Waals surface area contributed by atoms with Crippen molar-refractivity contribution in [2.45, 2.75) is 0 Å². The van der Waals surface area contributed by atoms with Crippen molar-refractivity contribution in [3.8, 4) is 56.7 Å². The number of halogens is 12. The molecule has 0 bridgehead atoms. The van der Waals surface area contributed by atoms with Gasteiger partial charge in [-0.3, -0.25) is 9.97 Å². The number of nitrogens with zero attached hydrogens (tertiary/aromatic N) is 5. The predicted octanol–water partition coefficient (Wildman–Crippen LogP) is 15.4. The molecule has 1 radical (unpaired) electrons. The molecule has 0 saturated carbocycles. The monoisotopic (exact) mass is 894 g/mol. The third-order valence-corrected chi connectivity index (χ3v) is 6.50. The van der Waals surface area contributed by atoms with E-state index in [2.05, 4.69) is 39.2 Å². The Bertz CT molecular complexity index is 2160. The third kappa shape index (κ3) is 20.5. The molecule has 57 heavy (non-hydrogen) atoms. The quantitative estimate of drug-likeness (QED) is 0.0978. The van der Waals surface area contributed by atoms with E-state index < -0.39 is 15.6 Å². The fourth-order valence-electron chi connectivity index (χ4n) is 4.44. The number of benzene rings is 2. The molecular weight excluding hydrogens is 868 g/mol. The summed E-state index contributed by atoms with van der Waals surface area (Å²) in [6, 6.07) is 50.0. The molecule has 5 aromatic heterocycles. The molecule has 0 aliphatic rings. The maximum absolute atomic E-state index is 10.7. The SMILES string of the molecule is F[P-](F)(F)(F)(F)F.F[P-](F)(F)(F)(F)F.[Cu+2].c1ccc(-c2cccc(-c3cccc(-c4ccccc4)n3)n2)cc1.c1ccc(-c2cccc(-c3ccccn3)n2)nc1. The van der Waals surface area contributed by atoms with Gasteiger partial charge in [0.25, 0.3) is 0 Å². The average molecular weight is 895 g/mol. The summed E-state index contributed by atoms with van der Waals surface area (Å²) in [6.45, 7) is 0. The van der Waals surface area contributed by atoms with Crippen LogP contribution >= 0.6 is 15.6 Å². The van der Waals surface area contributed by atoms with E-state index in [0.29, 0.717) is 0 Å². The van der Waals surface area contributed by atoms with E-state index in [-0.39, 0.29) is 17.1 Å². The van der Waals surface area contributed by atoms with E-state index in [4.69, 9.17) is 9.97 Å². The van der Waals surface area contributed by atoms with Crippen molar-refractivity contribution in [2.75, 3.05) is 0 Å². The van der Waals surface area contributed by atoms with Gasteiger partial charge in [0, 0.05) is 23.5 Å². The van der Waals surface area contributed by atoms with Crippen LogP contribution in [0.3, 0.4) is 0 Å². The van der Waals surface area contributed by atoms with Gasteiger partial charge in [-0.05, 0) is 60.7 Å². The van der Waals surface area contributed by atoms with E-state index in [0.717, 1.165) is 56.7 Å². The van der Waals surface area contributed by atoms with E-state index in [1.54, 1.807) is 12.4 Å². The van der Waals surface area contributed by atoms with E-state index in [9.17, 15) is 50.4 Å². The Kier molecular flexibility index (Phi) is 13.5. The zero-order valence-electron chi connectivity index (χ0n) is 28.6. The van der Waals surface area contributed by atoms with Crippen LogP contribution in [0.5, 0.6) is 0 Å². The molecule has 0 aliphatic heterocycles. The molecule has 0 amide bonds. The van der Waals surface area contributed by atoms with Crippen LogP contribution in [0.1, 0.15) is 0 Å². The summed E-state index contributed by atoms with van der Waals surface area (Å²) in [7, 11) is -21.3. The number of hydrogen-bond donors (Lipinski definition) is 0. The maximum Gasteiger partial charge on any atom is 2.00 e. The molecule has 0 N–H and O–H groups in total. The average Bonchev–Trinajstić information content (AvgIpc) is 3.14. The molecule has 0 spiro atoms. The van der Waals surface area contributed by atoms with Crippen molar-refractivity contribution >= 4 is 15.6 Å². The first-order valence-corrected chi connectivity index (χ1v) is 19.8. The molecule has 7 aromatic rings. The Hall–Kier alpha value is -5.27. The topological polar surface area (TPSA) is 64.5 Å². The van der Waals surface area contributed by atoms with Crippen molar-refractivity contribution in [1.82, 2.24) is 24.9 Å². The minimum absolute atomic E-state index is 0. The van der Waals surface area contributed by atoms with Gasteiger partial charge in [0.1, 0.15) is 0 Å². The van der Waals surface area contributed by atoms with Crippen LogP contribution in [-0.2, 0) is 17.1 Å². The summed E-state index contributed by atoms with van der Waals surface area (Å²) in [4.78, 5) is 22.8. The first kappa shape index (κ1) is 46.1. The molecule has 0 saturated heterocycles. The van der Waals surface area contributed by atoms with Gasteiger partial charge in [0.15, 0.2) is 0 Å². The first-order valence-electron chi connectivity index (χ1n) is 15.7. The second kappa shape index (κ2) is 16.7. The van der Waals surface area contributed by atoms with Crippen molar-refractivity contribution in [1.29, 1.82) is 0 Å². The van der Waals surface area contributed by atoms with Gasteiger partial charge in [-0.15, -0.1) is 0 Å². The standard InChI is InChI=1S/C22H16N2.C15H11N3.Cu.2F6P/c1-3-9-17(10-4-1)19-13-7-15-21(23-19)22-16-8-14-20(24-22)18-11-5-2-6-12-18;1-3-10-16-12(6-1)14-8-5-9-15(18-14)13-7-2-4-11-17-13;;2*1-7(2,3,4,5)6/h1-16H;1-11H;;;/q;;+2;2*-1. The Labute approximate surface area is 327 Å². The second-order valence-electron chi connectivity index (χ2n) is 11.3. The Morgan fingerprint density at radius 2 is 0.491 bits per heavy atom. The summed E-state index contributed by atoms with van der Waals surface area (Å²) in [5.41, 5.74) is 9.36. The molecule has 5 nitrogen and oxygen atoms in total. The van der Waals surface area contributed by atoms with Crippen molar-refractivity contribution in [3.05, 3.63) is 164 Å². The zero-order chi connectivity index (χ0) is 41.2. The number of aromatic nitrogens is 5. The smallest absolute Gasteiger partial charge is 0.255 e. The molecule has 5 heterocycles. The van der Waals surface area contributed by atoms with Crippen LogP contribution in [-0.4, -0.2) is 24.9 Å². The van der Waals surface area contributed by atoms with Gasteiger partial charge in [0.05, 0.1) is 45.6 Å². The fourth-order valence-corrected chi connectivity index (χ4v) is 4.44. The third-order valence-electron chi connectivity index (χ3n) is 6.50. The molecule has 2 aromatic carbocycles. The largest absolute Gasteiger partial charge is 2.00 e. The first-order chi connectivity index (χ1) is 25.7. The van der Waals surface area contributed by atoms with Crippen LogP contribution in [0.2, 0.25) is 0 Å². The fraction of sp³-hybridized carbons (Fsp3) is 0. The van der Waals surface area contributed by atoms with Gasteiger partial charge >= 0.3 is 83.0 Å². The van der Waals surface area contributed by atoms with Crippen LogP contribution in [0.25, 0.3) is 56.7 Å². The zero-order valence-corrected chi connectivity index (χ0v) is 31.3. The Balaban J connectivity index is 0.000000232. The molecule has 305 valence electrons. The maximum atomic E-state index is 9.87. The normalized spacial score (nSPS) is 13.3. The van der Waals surface area contributed by atoms with Gasteiger partial charge in [-0.25, -0.2) is 15.0 Å². The molecule has 0 atom stereocenters. The predicted molar refractivity (Wildman–Crippen MR) is 196 cm³/mol. The molecule has 0 unspecified atom stereocenters. The van der Waals surface area contributed by atoms with Gasteiger partial charge in [-0.1, -0.05) is 91.0 Å². The summed E-state index contributed by atoms with van der Waals surface area (Å²) < 4.78 is 118. The molecule has 7 rings (SSSR count). The Morgan fingerprint density at radius 1 is 0.263 bits per heavy atom. The van der Waals surface area contributed by atoms with Gasteiger partial charge < -0.3 is 0 Å². The molecule has 0 aliphatic carbocycles. The summed E-state index contributed by atoms with van der Waals surface area (Å²) in [5.74, 6) is 0. The summed E-state index contributed by atoms with van der Waals surface area (Å²) in [6.07, 6.45) is 3.54. The molecular formula is C37H27CuF12N5P2. The van der Waals surface area contributed by atoms with Crippen LogP contribution in [0.15, 0.2) is 164 Å². The van der Waals surface area contributed by atoms with Crippen molar-refractivity contribution in [2.24, 2.45) is 0 Å². The van der Waals surface area contributed by atoms with E-state index in [1.807, 2.05) is 127 Å². The van der Waals surface area contributed by atoms with Crippen LogP contribution < -0.4 is 0 Å². The number of hydrogen-bond acceptors (Lipinski definition) is 5. The van der Waals surface area contributed by atoms with Crippen molar-refractivity contribution < 1.29 is 67.4 Å². The summed E-state index contributed by atoms with van der Waals surface area (Å²) in [5, 5.41) is 0.